The second-order valence-electron chi connectivity index (χ2n) is 3.12. The van der Waals surface area contributed by atoms with Gasteiger partial charge in [0.2, 0.25) is 0 Å². The molecular weight excluding hydrogens is 109 g/mol. The first-order chi connectivity index (χ1) is 4.30. The summed E-state index contributed by atoms with van der Waals surface area (Å²) in [4.78, 5) is 0. The molecule has 0 aromatic heterocycles. The fourth-order valence-corrected chi connectivity index (χ4v) is 1.26. The van der Waals surface area contributed by atoms with Gasteiger partial charge in [0.25, 0.3) is 0 Å². The third kappa shape index (κ3) is 2.01. The van der Waals surface area contributed by atoms with E-state index in [1.807, 2.05) is 0 Å². The highest BCUT2D eigenvalue weighted by atomic mass is 14.9. The van der Waals surface area contributed by atoms with Crippen LogP contribution in [0.15, 0.2) is 0 Å². The third-order valence-corrected chi connectivity index (χ3v) is 1.98. The minimum atomic E-state index is 0.749. The molecule has 0 aromatic rings. The zero-order valence-electron chi connectivity index (χ0n) is 6.35. The van der Waals surface area contributed by atoms with Gasteiger partial charge in [0.1, 0.15) is 7.28 Å². The van der Waals surface area contributed by atoms with E-state index in [2.05, 4.69) is 26.4 Å². The van der Waals surface area contributed by atoms with Gasteiger partial charge >= 0.3 is 0 Å². The summed E-state index contributed by atoms with van der Waals surface area (Å²) in [5.74, 6) is 0.793. The number of nitrogens with one attached hydrogen (secondary N) is 1. The Morgan fingerprint density at radius 2 is 2.33 bits per heavy atom. The predicted octanol–water partition coefficient (Wildman–Crippen LogP) is 1.16. The Morgan fingerprint density at radius 3 is 2.67 bits per heavy atom. The van der Waals surface area contributed by atoms with Gasteiger partial charge in [0, 0.05) is 6.04 Å². The summed E-state index contributed by atoms with van der Waals surface area (Å²) >= 11 is 0. The van der Waals surface area contributed by atoms with Crippen LogP contribution in [0.4, 0.5) is 0 Å². The molecule has 0 bridgehead atoms. The molecule has 1 aliphatic heterocycles. The molecule has 0 aromatic carbocycles. The summed E-state index contributed by atoms with van der Waals surface area (Å²) in [7, 11) is 2.39. The van der Waals surface area contributed by atoms with Crippen LogP contribution in [0.1, 0.15) is 13.8 Å². The Balaban J connectivity index is 2.23. The van der Waals surface area contributed by atoms with Gasteiger partial charge in [-0.2, -0.15) is 0 Å². The van der Waals surface area contributed by atoms with Crippen LogP contribution in [0.2, 0.25) is 12.6 Å². The highest BCUT2D eigenvalue weighted by Crippen LogP contribution is 2.10. The van der Waals surface area contributed by atoms with Crippen LogP contribution in [0.3, 0.4) is 0 Å². The summed E-state index contributed by atoms with van der Waals surface area (Å²) in [6, 6.07) is 0.749. The monoisotopic (exact) mass is 124 g/mol. The summed E-state index contributed by atoms with van der Waals surface area (Å²) in [5.41, 5.74) is 0. The molecule has 1 radical (unpaired) electrons. The maximum absolute atomic E-state index is 3.49. The average Bonchev–Trinajstić information content (AvgIpc) is 1.90. The van der Waals surface area contributed by atoms with Crippen molar-refractivity contribution in [2.75, 3.05) is 6.54 Å². The quantitative estimate of drug-likeness (QED) is 0.517. The van der Waals surface area contributed by atoms with Gasteiger partial charge in [-0.1, -0.05) is 26.5 Å². The molecule has 1 fully saturated rings. The van der Waals surface area contributed by atoms with E-state index < -0.39 is 0 Å². The molecule has 0 amide bonds. The molecule has 9 heavy (non-hydrogen) atoms. The topological polar surface area (TPSA) is 12.0 Å². The zero-order valence-corrected chi connectivity index (χ0v) is 6.35. The van der Waals surface area contributed by atoms with Crippen molar-refractivity contribution in [2.24, 2.45) is 5.92 Å². The first-order valence-electron chi connectivity index (χ1n) is 3.86. The molecule has 1 aliphatic rings. The second kappa shape index (κ2) is 3.26. The van der Waals surface area contributed by atoms with Crippen LogP contribution in [0.5, 0.6) is 0 Å². The Bertz CT molecular complexity index is 77.0. The van der Waals surface area contributed by atoms with E-state index in [4.69, 9.17) is 0 Å². The standard InChI is InChI=1S/C7H15BN/c1-6(2)7-5-8-3-4-9-7/h6-7,9H,3-5H2,1-2H3. The van der Waals surface area contributed by atoms with Crippen molar-refractivity contribution < 1.29 is 0 Å². The number of rotatable bonds is 1. The molecule has 1 rings (SSSR count). The first-order valence-corrected chi connectivity index (χ1v) is 3.86. The van der Waals surface area contributed by atoms with Crippen LogP contribution < -0.4 is 5.32 Å². The fraction of sp³-hybridized carbons (Fsp3) is 1.00. The van der Waals surface area contributed by atoms with Crippen molar-refractivity contribution in [3.05, 3.63) is 0 Å². The highest BCUT2D eigenvalue weighted by Gasteiger charge is 2.15. The van der Waals surface area contributed by atoms with Crippen molar-refractivity contribution in [1.29, 1.82) is 0 Å². The summed E-state index contributed by atoms with van der Waals surface area (Å²) < 4.78 is 0. The van der Waals surface area contributed by atoms with Crippen molar-refractivity contribution in [1.82, 2.24) is 5.32 Å². The maximum atomic E-state index is 3.49. The Labute approximate surface area is 58.5 Å². The molecule has 1 unspecified atom stereocenters. The van der Waals surface area contributed by atoms with Crippen LogP contribution in [-0.4, -0.2) is 19.9 Å². The van der Waals surface area contributed by atoms with Gasteiger partial charge in [-0.25, -0.2) is 0 Å². The molecule has 1 nitrogen and oxygen atoms in total. The van der Waals surface area contributed by atoms with E-state index in [0.29, 0.717) is 0 Å². The normalized spacial score (nSPS) is 28.1. The van der Waals surface area contributed by atoms with Gasteiger partial charge < -0.3 is 5.32 Å². The van der Waals surface area contributed by atoms with Crippen molar-refractivity contribution in [2.45, 2.75) is 32.5 Å². The van der Waals surface area contributed by atoms with Crippen LogP contribution in [-0.2, 0) is 0 Å². The lowest BCUT2D eigenvalue weighted by molar-refractivity contribution is 0.425. The number of hydrogen-bond donors (Lipinski definition) is 1. The molecule has 51 valence electrons. The Kier molecular flexibility index (Phi) is 2.58. The minimum absolute atomic E-state index is 0.749. The van der Waals surface area contributed by atoms with E-state index >= 15 is 0 Å². The molecule has 1 saturated heterocycles. The predicted molar refractivity (Wildman–Crippen MR) is 42.0 cm³/mol. The minimum Gasteiger partial charge on any atom is -0.315 e. The van der Waals surface area contributed by atoms with Crippen molar-refractivity contribution >= 4 is 7.28 Å². The van der Waals surface area contributed by atoms with Gasteiger partial charge in [-0.05, 0) is 12.5 Å². The van der Waals surface area contributed by atoms with E-state index in [0.717, 1.165) is 12.0 Å². The molecular formula is C7H15BN. The van der Waals surface area contributed by atoms with E-state index in [1.54, 1.807) is 0 Å². The Hall–Kier alpha value is 0.0249. The molecule has 0 saturated carbocycles. The SMILES string of the molecule is CC(C)C1C[B]CCN1. The summed E-state index contributed by atoms with van der Waals surface area (Å²) in [5, 5.41) is 3.49. The lowest BCUT2D eigenvalue weighted by atomic mass is 9.64. The van der Waals surface area contributed by atoms with Crippen molar-refractivity contribution in [3.8, 4) is 0 Å². The molecule has 1 N–H and O–H groups in total. The first kappa shape index (κ1) is 7.14. The van der Waals surface area contributed by atoms with Gasteiger partial charge in [0.05, 0.1) is 0 Å². The average molecular weight is 124 g/mol. The molecule has 0 aliphatic carbocycles. The molecule has 2 heteroatoms. The molecule has 1 heterocycles. The third-order valence-electron chi connectivity index (χ3n) is 1.98. The zero-order chi connectivity index (χ0) is 6.69. The van der Waals surface area contributed by atoms with E-state index in [9.17, 15) is 0 Å². The smallest absolute Gasteiger partial charge is 0.113 e. The highest BCUT2D eigenvalue weighted by molar-refractivity contribution is 6.36. The van der Waals surface area contributed by atoms with Crippen LogP contribution in [0.25, 0.3) is 0 Å². The number of hydrogen-bond acceptors (Lipinski definition) is 1. The lowest BCUT2D eigenvalue weighted by Crippen LogP contribution is -2.39. The lowest BCUT2D eigenvalue weighted by Gasteiger charge is -2.26. The van der Waals surface area contributed by atoms with E-state index in [1.165, 1.54) is 19.2 Å². The van der Waals surface area contributed by atoms with Gasteiger partial charge in [0.15, 0.2) is 0 Å². The Morgan fingerprint density at radius 1 is 1.56 bits per heavy atom. The van der Waals surface area contributed by atoms with E-state index in [-0.39, 0.29) is 0 Å². The van der Waals surface area contributed by atoms with Crippen LogP contribution in [0, 0.1) is 5.92 Å². The van der Waals surface area contributed by atoms with Crippen molar-refractivity contribution in [3.63, 3.8) is 0 Å². The fourth-order valence-electron chi connectivity index (χ4n) is 1.26. The van der Waals surface area contributed by atoms with Gasteiger partial charge in [-0.3, -0.25) is 0 Å². The molecule has 1 atom stereocenters. The second-order valence-corrected chi connectivity index (χ2v) is 3.12. The summed E-state index contributed by atoms with van der Waals surface area (Å²) in [6.07, 6.45) is 2.51. The molecule has 0 spiro atoms. The van der Waals surface area contributed by atoms with Crippen LogP contribution >= 0.6 is 0 Å². The maximum Gasteiger partial charge on any atom is 0.113 e. The summed E-state index contributed by atoms with van der Waals surface area (Å²) in [6.45, 7) is 5.73. The largest absolute Gasteiger partial charge is 0.315 e. The van der Waals surface area contributed by atoms with Gasteiger partial charge in [-0.15, -0.1) is 0 Å².